The van der Waals surface area contributed by atoms with Crippen LogP contribution in [-0.2, 0) is 45.2 Å². The monoisotopic (exact) mass is 779 g/mol. The molecule has 1 amide bonds. The van der Waals surface area contributed by atoms with Crippen LogP contribution in [0.2, 0.25) is 0 Å². The molecule has 2 atom stereocenters. The standard InChI is InChI=1S/C45H57N5O7/c1-27-21-30-22-40-45(4,26-41(51)50(5)6)33(13-9-11-19-56-44-14-10-12-20-57-44)39(49-40)24-36-29(3)32(16-18-43(53)55-8)38(48-36)25-37-31(15-17-42(52)54-7)28(2)35(47-37)23-34(27)46-30/h13,21-25,44,46,48H,9-12,14-20,26H2,1-8H3/b30-22?,33-13-,34-23?,35-23?,36-24?,37-25?,38-25?,39-24?,40-22?. The summed E-state index contributed by atoms with van der Waals surface area (Å²) in [6.07, 6.45) is 8.20. The molecule has 0 aliphatic carbocycles. The zero-order chi connectivity index (χ0) is 40.9. The summed E-state index contributed by atoms with van der Waals surface area (Å²) in [5.74, 6) is -0.593. The van der Waals surface area contributed by atoms with Crippen LogP contribution in [0.1, 0.15) is 111 Å². The Kier molecular flexibility index (Phi) is 13.1. The first-order valence-electron chi connectivity index (χ1n) is 20.0. The van der Waals surface area contributed by atoms with Gasteiger partial charge < -0.3 is 33.8 Å². The van der Waals surface area contributed by atoms with E-state index in [1.165, 1.54) is 14.2 Å². The quantitative estimate of drug-likeness (QED) is 0.130. The van der Waals surface area contributed by atoms with E-state index < -0.39 is 5.41 Å². The number of carbonyl (C=O) groups excluding carboxylic acids is 3. The normalized spacial score (nSPS) is 18.9. The number of rotatable bonds is 13. The molecule has 0 radical (unpaired) electrons. The summed E-state index contributed by atoms with van der Waals surface area (Å²) in [5.41, 5.74) is 11.6. The highest BCUT2D eigenvalue weighted by Crippen LogP contribution is 2.45. The zero-order valence-electron chi connectivity index (χ0n) is 34.7. The van der Waals surface area contributed by atoms with E-state index in [1.54, 1.807) is 19.0 Å². The lowest BCUT2D eigenvalue weighted by Gasteiger charge is -2.27. The third-order valence-electron chi connectivity index (χ3n) is 11.5. The Balaban J connectivity index is 1.58. The first-order chi connectivity index (χ1) is 27.3. The van der Waals surface area contributed by atoms with Gasteiger partial charge in [-0.05, 0) is 136 Å². The number of methoxy groups -OCH3 is 2. The second kappa shape index (κ2) is 18.0. The molecule has 2 N–H and O–H groups in total. The highest BCUT2D eigenvalue weighted by atomic mass is 16.7. The lowest BCUT2D eigenvalue weighted by Crippen LogP contribution is -2.31. The number of allylic oxidation sites excluding steroid dienone is 4. The van der Waals surface area contributed by atoms with Gasteiger partial charge in [-0.3, -0.25) is 19.4 Å². The molecule has 57 heavy (non-hydrogen) atoms. The summed E-state index contributed by atoms with van der Waals surface area (Å²) in [6, 6.07) is 10.3. The van der Waals surface area contributed by atoms with Gasteiger partial charge in [-0.25, -0.2) is 4.98 Å². The molecule has 0 spiro atoms. The summed E-state index contributed by atoms with van der Waals surface area (Å²) >= 11 is 0. The SMILES string of the molecule is COC(=O)CCC1=C(C)c2cc3[nH]c(cc4nc(cc5[nH]c(cc1n2)c(CCC(=O)OC)c5C)/C(=C/CCCOC1CCCCO1)C4(C)CC(=O)N(C)C)cc3C. The van der Waals surface area contributed by atoms with Crippen LogP contribution in [0.15, 0.2) is 36.4 Å². The highest BCUT2D eigenvalue weighted by molar-refractivity contribution is 5.94. The van der Waals surface area contributed by atoms with Crippen molar-refractivity contribution in [2.45, 2.75) is 104 Å². The second-order valence-corrected chi connectivity index (χ2v) is 15.7. The van der Waals surface area contributed by atoms with E-state index in [0.29, 0.717) is 19.4 Å². The van der Waals surface area contributed by atoms with Crippen molar-refractivity contribution in [3.05, 3.63) is 75.9 Å². The molecule has 0 aromatic carbocycles. The Labute approximate surface area is 335 Å². The predicted octanol–water partition coefficient (Wildman–Crippen LogP) is 8.06. The molecular formula is C45H57N5O7. The average Bonchev–Trinajstić information content (AvgIpc) is 3.86. The Morgan fingerprint density at radius 2 is 1.61 bits per heavy atom. The molecule has 6 heterocycles. The van der Waals surface area contributed by atoms with Crippen molar-refractivity contribution >= 4 is 56.6 Å². The van der Waals surface area contributed by atoms with E-state index in [2.05, 4.69) is 48.1 Å². The van der Waals surface area contributed by atoms with Crippen LogP contribution in [0.3, 0.4) is 0 Å². The number of amides is 1. The molecule has 8 bridgehead atoms. The molecule has 12 heteroatoms. The van der Waals surface area contributed by atoms with E-state index in [-0.39, 0.29) is 43.4 Å². The lowest BCUT2D eigenvalue weighted by molar-refractivity contribution is -0.162. The number of nitrogens with zero attached hydrogens (tertiary/aromatic N) is 3. The Hall–Kier alpha value is -5.07. The second-order valence-electron chi connectivity index (χ2n) is 15.7. The summed E-state index contributed by atoms with van der Waals surface area (Å²) in [6.45, 7) is 9.53. The van der Waals surface area contributed by atoms with Crippen LogP contribution in [0.5, 0.6) is 0 Å². The van der Waals surface area contributed by atoms with Gasteiger partial charge >= 0.3 is 11.9 Å². The van der Waals surface area contributed by atoms with Crippen molar-refractivity contribution in [2.24, 2.45) is 0 Å². The Morgan fingerprint density at radius 3 is 2.32 bits per heavy atom. The average molecular weight is 780 g/mol. The maximum Gasteiger partial charge on any atom is 0.305 e. The maximum absolute atomic E-state index is 13.6. The smallest absolute Gasteiger partial charge is 0.305 e. The number of aromatic nitrogens is 4. The number of fused-ring (bicyclic) bond motifs is 8. The zero-order valence-corrected chi connectivity index (χ0v) is 34.7. The number of aryl methyl sites for hydroxylation is 3. The first kappa shape index (κ1) is 41.6. The molecule has 304 valence electrons. The summed E-state index contributed by atoms with van der Waals surface area (Å²) < 4.78 is 21.9. The summed E-state index contributed by atoms with van der Waals surface area (Å²) in [7, 11) is 6.36. The van der Waals surface area contributed by atoms with Gasteiger partial charge in [0.1, 0.15) is 0 Å². The van der Waals surface area contributed by atoms with Crippen LogP contribution in [-0.4, -0.2) is 90.5 Å². The van der Waals surface area contributed by atoms with Crippen LogP contribution >= 0.6 is 0 Å². The number of esters is 2. The van der Waals surface area contributed by atoms with Crippen LogP contribution in [0.4, 0.5) is 0 Å². The molecule has 3 aromatic rings. The molecule has 3 aromatic heterocycles. The first-order valence-corrected chi connectivity index (χ1v) is 20.0. The minimum Gasteiger partial charge on any atom is -0.469 e. The molecule has 3 aliphatic rings. The largest absolute Gasteiger partial charge is 0.469 e. The molecule has 3 aliphatic heterocycles. The van der Waals surface area contributed by atoms with Crippen molar-refractivity contribution in [1.82, 2.24) is 24.8 Å². The predicted molar refractivity (Wildman–Crippen MR) is 222 cm³/mol. The lowest BCUT2D eigenvalue weighted by atomic mass is 9.76. The molecule has 0 saturated carbocycles. The third kappa shape index (κ3) is 9.39. The number of unbranched alkanes of at least 4 members (excludes halogenated alkanes) is 1. The van der Waals surface area contributed by atoms with Gasteiger partial charge in [0.05, 0.1) is 43.6 Å². The van der Waals surface area contributed by atoms with E-state index in [0.717, 1.165) is 117 Å². The number of aromatic amines is 2. The minimum absolute atomic E-state index is 0.000440. The number of ether oxygens (including phenoxy) is 4. The van der Waals surface area contributed by atoms with Gasteiger partial charge in [0.25, 0.3) is 0 Å². The molecule has 2 unspecified atom stereocenters. The highest BCUT2D eigenvalue weighted by Gasteiger charge is 2.41. The fraction of sp³-hybridized carbons (Fsp3) is 0.489. The number of hydrogen-bond donors (Lipinski definition) is 2. The Bertz CT molecular complexity index is 2240. The van der Waals surface area contributed by atoms with Gasteiger partial charge in [0, 0.05) is 67.4 Å². The summed E-state index contributed by atoms with van der Waals surface area (Å²) in [4.78, 5) is 57.7. The van der Waals surface area contributed by atoms with Gasteiger partial charge in [-0.15, -0.1) is 0 Å². The number of carbonyl (C=O) groups is 3. The van der Waals surface area contributed by atoms with Gasteiger partial charge in [-0.2, -0.15) is 0 Å². The Morgan fingerprint density at radius 1 is 0.895 bits per heavy atom. The molecular weight excluding hydrogens is 723 g/mol. The maximum atomic E-state index is 13.6. The minimum atomic E-state index is -0.743. The number of hydrogen-bond acceptors (Lipinski definition) is 9. The van der Waals surface area contributed by atoms with E-state index >= 15 is 0 Å². The molecule has 1 saturated heterocycles. The topological polar surface area (TPSA) is 149 Å². The van der Waals surface area contributed by atoms with Crippen LogP contribution in [0, 0.1) is 13.8 Å². The molecule has 12 nitrogen and oxygen atoms in total. The van der Waals surface area contributed by atoms with Crippen LogP contribution < -0.4 is 0 Å². The van der Waals surface area contributed by atoms with Gasteiger partial charge in [0.15, 0.2) is 6.29 Å². The fourth-order valence-electron chi connectivity index (χ4n) is 7.92. The van der Waals surface area contributed by atoms with E-state index in [1.807, 2.05) is 26.0 Å². The van der Waals surface area contributed by atoms with Crippen molar-refractivity contribution < 1.29 is 33.3 Å². The van der Waals surface area contributed by atoms with E-state index in [4.69, 9.17) is 28.9 Å². The molecule has 1 fully saturated rings. The van der Waals surface area contributed by atoms with Crippen LogP contribution in [0.25, 0.3) is 38.8 Å². The van der Waals surface area contributed by atoms with E-state index in [9.17, 15) is 14.4 Å². The van der Waals surface area contributed by atoms with Crippen molar-refractivity contribution in [2.75, 3.05) is 41.5 Å². The van der Waals surface area contributed by atoms with Crippen molar-refractivity contribution in [3.8, 4) is 0 Å². The molecule has 6 rings (SSSR count). The van der Waals surface area contributed by atoms with Gasteiger partial charge in [-0.1, -0.05) is 6.08 Å². The van der Waals surface area contributed by atoms with Crippen molar-refractivity contribution in [1.29, 1.82) is 0 Å². The number of nitrogens with one attached hydrogen (secondary N) is 2. The number of H-pyrrole nitrogens is 2. The summed E-state index contributed by atoms with van der Waals surface area (Å²) in [5, 5.41) is 0. The van der Waals surface area contributed by atoms with Gasteiger partial charge in [0.2, 0.25) is 5.91 Å². The van der Waals surface area contributed by atoms with Crippen molar-refractivity contribution in [3.63, 3.8) is 0 Å². The fourth-order valence-corrected chi connectivity index (χ4v) is 7.92. The third-order valence-corrected chi connectivity index (χ3v) is 11.5.